The Morgan fingerprint density at radius 1 is 1.65 bits per heavy atom. The average molecular weight is 233 g/mol. The van der Waals surface area contributed by atoms with Crippen LogP contribution in [0.2, 0.25) is 0 Å². The first-order valence-electron chi connectivity index (χ1n) is 5.57. The Labute approximate surface area is 100 Å². The van der Waals surface area contributed by atoms with Crippen LogP contribution in [-0.2, 0) is 0 Å². The SMILES string of the molecule is C=CCN1C(N)=NCC1c1ccc(F)c(C)c1. The molecule has 0 fully saturated rings. The fourth-order valence-corrected chi connectivity index (χ4v) is 2.05. The molecule has 4 heteroatoms. The van der Waals surface area contributed by atoms with E-state index in [1.54, 1.807) is 19.1 Å². The molecule has 1 heterocycles. The molecule has 0 saturated carbocycles. The Balaban J connectivity index is 2.27. The van der Waals surface area contributed by atoms with E-state index in [0.717, 1.165) is 5.56 Å². The molecular formula is C13H16FN3. The molecule has 0 saturated heterocycles. The highest BCUT2D eigenvalue weighted by Crippen LogP contribution is 2.26. The lowest BCUT2D eigenvalue weighted by Gasteiger charge is -2.25. The van der Waals surface area contributed by atoms with Crippen LogP contribution in [0.25, 0.3) is 0 Å². The molecular weight excluding hydrogens is 217 g/mol. The lowest BCUT2D eigenvalue weighted by atomic mass is 10.0. The molecule has 2 N–H and O–H groups in total. The molecule has 90 valence electrons. The minimum Gasteiger partial charge on any atom is -0.370 e. The Kier molecular flexibility index (Phi) is 3.13. The number of nitrogens with zero attached hydrogens (tertiary/aromatic N) is 2. The maximum atomic E-state index is 13.2. The normalized spacial score (nSPS) is 19.3. The van der Waals surface area contributed by atoms with Gasteiger partial charge in [-0.25, -0.2) is 4.39 Å². The van der Waals surface area contributed by atoms with Crippen LogP contribution in [-0.4, -0.2) is 23.9 Å². The summed E-state index contributed by atoms with van der Waals surface area (Å²) in [5.41, 5.74) is 7.50. The number of halogens is 1. The molecule has 1 atom stereocenters. The molecule has 0 radical (unpaired) electrons. The number of aliphatic imine (C=N–C) groups is 1. The topological polar surface area (TPSA) is 41.6 Å². The summed E-state index contributed by atoms with van der Waals surface area (Å²) >= 11 is 0. The van der Waals surface area contributed by atoms with Crippen LogP contribution in [0.15, 0.2) is 35.8 Å². The first-order valence-corrected chi connectivity index (χ1v) is 5.57. The molecule has 3 nitrogen and oxygen atoms in total. The lowest BCUT2D eigenvalue weighted by Crippen LogP contribution is -2.36. The number of hydrogen-bond donors (Lipinski definition) is 1. The van der Waals surface area contributed by atoms with Gasteiger partial charge in [0, 0.05) is 6.54 Å². The molecule has 1 aliphatic heterocycles. The molecule has 1 aromatic carbocycles. The van der Waals surface area contributed by atoms with E-state index < -0.39 is 0 Å². The van der Waals surface area contributed by atoms with E-state index in [1.807, 2.05) is 11.0 Å². The van der Waals surface area contributed by atoms with Crippen molar-refractivity contribution in [2.45, 2.75) is 13.0 Å². The minimum atomic E-state index is -0.184. The molecule has 1 aliphatic rings. The van der Waals surface area contributed by atoms with Crippen LogP contribution < -0.4 is 5.73 Å². The van der Waals surface area contributed by atoms with Crippen molar-refractivity contribution in [1.82, 2.24) is 4.90 Å². The summed E-state index contributed by atoms with van der Waals surface area (Å²) in [5, 5.41) is 0. The first kappa shape index (κ1) is 11.6. The Morgan fingerprint density at radius 3 is 3.06 bits per heavy atom. The van der Waals surface area contributed by atoms with Crippen molar-refractivity contribution < 1.29 is 4.39 Å². The maximum Gasteiger partial charge on any atom is 0.192 e. The van der Waals surface area contributed by atoms with Crippen molar-refractivity contribution in [2.75, 3.05) is 13.1 Å². The Hall–Kier alpha value is -1.84. The quantitative estimate of drug-likeness (QED) is 0.811. The fourth-order valence-electron chi connectivity index (χ4n) is 2.05. The van der Waals surface area contributed by atoms with E-state index >= 15 is 0 Å². The number of aryl methyl sites for hydroxylation is 1. The fraction of sp³-hybridized carbons (Fsp3) is 0.308. The Morgan fingerprint density at radius 2 is 2.41 bits per heavy atom. The number of guanidine groups is 1. The van der Waals surface area contributed by atoms with E-state index in [0.29, 0.717) is 24.6 Å². The van der Waals surface area contributed by atoms with E-state index in [1.165, 1.54) is 6.07 Å². The molecule has 0 bridgehead atoms. The molecule has 2 rings (SSSR count). The molecule has 0 aliphatic carbocycles. The largest absolute Gasteiger partial charge is 0.370 e. The zero-order valence-electron chi connectivity index (χ0n) is 9.86. The van der Waals surface area contributed by atoms with Gasteiger partial charge in [0.2, 0.25) is 0 Å². The van der Waals surface area contributed by atoms with Gasteiger partial charge in [-0.15, -0.1) is 6.58 Å². The molecule has 0 amide bonds. The predicted octanol–water partition coefficient (Wildman–Crippen LogP) is 1.99. The van der Waals surface area contributed by atoms with Crippen LogP contribution in [0.3, 0.4) is 0 Å². The highest BCUT2D eigenvalue weighted by atomic mass is 19.1. The van der Waals surface area contributed by atoms with E-state index in [4.69, 9.17) is 5.73 Å². The van der Waals surface area contributed by atoms with Crippen LogP contribution in [0.1, 0.15) is 17.2 Å². The molecule has 0 aromatic heterocycles. The second-order valence-corrected chi connectivity index (χ2v) is 4.16. The second-order valence-electron chi connectivity index (χ2n) is 4.16. The number of benzene rings is 1. The zero-order valence-corrected chi connectivity index (χ0v) is 9.86. The van der Waals surface area contributed by atoms with Gasteiger partial charge in [0.25, 0.3) is 0 Å². The summed E-state index contributed by atoms with van der Waals surface area (Å²) in [4.78, 5) is 6.20. The van der Waals surface area contributed by atoms with Gasteiger partial charge in [-0.05, 0) is 24.1 Å². The van der Waals surface area contributed by atoms with Gasteiger partial charge in [-0.3, -0.25) is 4.99 Å². The molecule has 1 aromatic rings. The summed E-state index contributed by atoms with van der Waals surface area (Å²) in [6.07, 6.45) is 1.79. The van der Waals surface area contributed by atoms with Crippen LogP contribution in [0.4, 0.5) is 4.39 Å². The van der Waals surface area contributed by atoms with Gasteiger partial charge in [0.15, 0.2) is 5.96 Å². The third-order valence-electron chi connectivity index (χ3n) is 2.99. The van der Waals surface area contributed by atoms with Crippen molar-refractivity contribution in [3.8, 4) is 0 Å². The van der Waals surface area contributed by atoms with Crippen molar-refractivity contribution in [3.05, 3.63) is 47.8 Å². The summed E-state index contributed by atoms with van der Waals surface area (Å²) in [5.74, 6) is 0.341. The number of hydrogen-bond acceptors (Lipinski definition) is 3. The second kappa shape index (κ2) is 4.57. The predicted molar refractivity (Wildman–Crippen MR) is 67.3 cm³/mol. The average Bonchev–Trinajstić information content (AvgIpc) is 2.66. The van der Waals surface area contributed by atoms with Crippen LogP contribution in [0, 0.1) is 12.7 Å². The number of nitrogens with two attached hydrogens (primary N) is 1. The summed E-state index contributed by atoms with van der Waals surface area (Å²) < 4.78 is 13.2. The summed E-state index contributed by atoms with van der Waals surface area (Å²) in [6.45, 7) is 6.73. The first-order chi connectivity index (χ1) is 8.13. The van der Waals surface area contributed by atoms with E-state index in [2.05, 4.69) is 11.6 Å². The summed E-state index contributed by atoms with van der Waals surface area (Å²) in [6, 6.07) is 5.22. The smallest absolute Gasteiger partial charge is 0.192 e. The van der Waals surface area contributed by atoms with Gasteiger partial charge < -0.3 is 10.6 Å². The molecule has 0 spiro atoms. The van der Waals surface area contributed by atoms with Gasteiger partial charge in [-0.2, -0.15) is 0 Å². The van der Waals surface area contributed by atoms with Gasteiger partial charge in [-0.1, -0.05) is 18.2 Å². The Bertz CT molecular complexity index is 468. The van der Waals surface area contributed by atoms with Crippen LogP contribution in [0.5, 0.6) is 0 Å². The third kappa shape index (κ3) is 2.16. The van der Waals surface area contributed by atoms with E-state index in [9.17, 15) is 4.39 Å². The highest BCUT2D eigenvalue weighted by Gasteiger charge is 2.26. The standard InChI is InChI=1S/C13H16FN3/c1-3-6-17-12(8-16-13(17)15)10-4-5-11(14)9(2)7-10/h3-5,7,12H,1,6,8H2,2H3,(H2,15,16). The zero-order chi connectivity index (χ0) is 12.4. The van der Waals surface area contributed by atoms with Crippen molar-refractivity contribution >= 4 is 5.96 Å². The van der Waals surface area contributed by atoms with Gasteiger partial charge >= 0.3 is 0 Å². The lowest BCUT2D eigenvalue weighted by molar-refractivity contribution is 0.380. The minimum absolute atomic E-state index is 0.0901. The highest BCUT2D eigenvalue weighted by molar-refractivity contribution is 5.80. The van der Waals surface area contributed by atoms with Crippen molar-refractivity contribution in [1.29, 1.82) is 0 Å². The number of rotatable bonds is 3. The molecule has 17 heavy (non-hydrogen) atoms. The van der Waals surface area contributed by atoms with Crippen molar-refractivity contribution in [3.63, 3.8) is 0 Å². The monoisotopic (exact) mass is 233 g/mol. The van der Waals surface area contributed by atoms with E-state index in [-0.39, 0.29) is 11.9 Å². The van der Waals surface area contributed by atoms with Crippen molar-refractivity contribution in [2.24, 2.45) is 10.7 Å². The van der Waals surface area contributed by atoms with Crippen LogP contribution >= 0.6 is 0 Å². The molecule has 1 unspecified atom stereocenters. The summed E-state index contributed by atoms with van der Waals surface area (Å²) in [7, 11) is 0. The maximum absolute atomic E-state index is 13.2. The van der Waals surface area contributed by atoms with Gasteiger partial charge in [0.1, 0.15) is 5.82 Å². The van der Waals surface area contributed by atoms with Gasteiger partial charge in [0.05, 0.1) is 12.6 Å². The third-order valence-corrected chi connectivity index (χ3v) is 2.99.